The van der Waals surface area contributed by atoms with Crippen molar-refractivity contribution in [2.75, 3.05) is 67.7 Å². The van der Waals surface area contributed by atoms with Gasteiger partial charge >= 0.3 is 0 Å². The second-order valence-electron chi connectivity index (χ2n) is 8.89. The van der Waals surface area contributed by atoms with E-state index in [1.807, 2.05) is 36.4 Å². The Hall–Kier alpha value is -3.30. The van der Waals surface area contributed by atoms with Crippen LogP contribution >= 0.6 is 0 Å². The standard InChI is InChI=1S/C27H36N4O5/c1-6-29-11-13-30(14-12-29)18-27(32)31-24(22-15-19(33-2)8-10-25(22)35-4)17-23(28-31)21-9-7-20(34-3)16-26(21)36-5/h7-10,15-16,24H,6,11-14,17-18H2,1-5H3. The molecule has 9 heteroatoms. The van der Waals surface area contributed by atoms with E-state index in [1.54, 1.807) is 33.4 Å². The normalized spacial score (nSPS) is 18.6. The third-order valence-corrected chi connectivity index (χ3v) is 6.95. The lowest BCUT2D eigenvalue weighted by Gasteiger charge is -2.34. The van der Waals surface area contributed by atoms with Gasteiger partial charge in [-0.05, 0) is 36.9 Å². The predicted octanol–water partition coefficient (Wildman–Crippen LogP) is 3.04. The summed E-state index contributed by atoms with van der Waals surface area (Å²) in [5, 5.41) is 6.47. The van der Waals surface area contributed by atoms with Gasteiger partial charge in [0.25, 0.3) is 5.91 Å². The maximum atomic E-state index is 13.7. The number of nitrogens with zero attached hydrogens (tertiary/aromatic N) is 4. The van der Waals surface area contributed by atoms with E-state index in [4.69, 9.17) is 24.0 Å². The Morgan fingerprint density at radius 3 is 2.14 bits per heavy atom. The smallest absolute Gasteiger partial charge is 0.257 e. The van der Waals surface area contributed by atoms with Crippen molar-refractivity contribution in [3.63, 3.8) is 0 Å². The average molecular weight is 497 g/mol. The lowest BCUT2D eigenvalue weighted by molar-refractivity contribution is -0.134. The van der Waals surface area contributed by atoms with Crippen LogP contribution in [0.25, 0.3) is 0 Å². The number of hydrogen-bond donors (Lipinski definition) is 0. The van der Waals surface area contributed by atoms with Crippen LogP contribution in [-0.4, -0.2) is 94.1 Å². The number of rotatable bonds is 9. The fourth-order valence-corrected chi connectivity index (χ4v) is 4.81. The van der Waals surface area contributed by atoms with Crippen molar-refractivity contribution in [3.05, 3.63) is 47.5 Å². The van der Waals surface area contributed by atoms with Crippen molar-refractivity contribution in [1.82, 2.24) is 14.8 Å². The summed E-state index contributed by atoms with van der Waals surface area (Å²) in [5.41, 5.74) is 2.46. The summed E-state index contributed by atoms with van der Waals surface area (Å²) in [7, 11) is 6.50. The topological polar surface area (TPSA) is 76.1 Å². The highest BCUT2D eigenvalue weighted by Gasteiger charge is 2.36. The van der Waals surface area contributed by atoms with E-state index >= 15 is 0 Å². The van der Waals surface area contributed by atoms with Gasteiger partial charge in [0.05, 0.1) is 46.7 Å². The Kier molecular flexibility index (Phi) is 8.32. The van der Waals surface area contributed by atoms with Crippen LogP contribution in [0.4, 0.5) is 0 Å². The van der Waals surface area contributed by atoms with E-state index < -0.39 is 0 Å². The van der Waals surface area contributed by atoms with Crippen LogP contribution in [0.1, 0.15) is 30.5 Å². The predicted molar refractivity (Wildman–Crippen MR) is 138 cm³/mol. The third kappa shape index (κ3) is 5.42. The molecule has 1 unspecified atom stereocenters. The average Bonchev–Trinajstić information content (AvgIpc) is 3.38. The molecule has 0 radical (unpaired) electrons. The van der Waals surface area contributed by atoms with Crippen molar-refractivity contribution in [3.8, 4) is 23.0 Å². The van der Waals surface area contributed by atoms with Crippen LogP contribution in [0.2, 0.25) is 0 Å². The largest absolute Gasteiger partial charge is 0.497 e. The van der Waals surface area contributed by atoms with E-state index in [0.717, 1.165) is 49.6 Å². The monoisotopic (exact) mass is 496 g/mol. The number of likely N-dealkylation sites (N-methyl/N-ethyl adjacent to an activating group) is 1. The molecule has 1 amide bonds. The zero-order chi connectivity index (χ0) is 25.7. The molecule has 2 heterocycles. The Balaban J connectivity index is 1.67. The van der Waals surface area contributed by atoms with Crippen LogP contribution in [0.15, 0.2) is 41.5 Å². The molecule has 2 aliphatic rings. The molecule has 4 rings (SSSR count). The fourth-order valence-electron chi connectivity index (χ4n) is 4.81. The minimum absolute atomic E-state index is 0.0442. The number of amides is 1. The molecule has 194 valence electrons. The fraction of sp³-hybridized carbons (Fsp3) is 0.481. The molecule has 0 bridgehead atoms. The first-order valence-electron chi connectivity index (χ1n) is 12.3. The molecule has 2 aliphatic heterocycles. The minimum atomic E-state index is -0.332. The zero-order valence-corrected chi connectivity index (χ0v) is 21.8. The molecule has 0 N–H and O–H groups in total. The molecule has 1 saturated heterocycles. The van der Waals surface area contributed by atoms with Gasteiger partial charge in [0, 0.05) is 49.8 Å². The highest BCUT2D eigenvalue weighted by molar-refractivity contribution is 6.05. The summed E-state index contributed by atoms with van der Waals surface area (Å²) >= 11 is 0. The molecule has 2 aromatic rings. The summed E-state index contributed by atoms with van der Waals surface area (Å²) in [5.74, 6) is 2.68. The molecule has 1 fully saturated rings. The van der Waals surface area contributed by atoms with E-state index in [9.17, 15) is 4.79 Å². The number of hydrazone groups is 1. The number of carbonyl (C=O) groups is 1. The number of piperazine rings is 1. The minimum Gasteiger partial charge on any atom is -0.497 e. The lowest BCUT2D eigenvalue weighted by atomic mass is 9.96. The van der Waals surface area contributed by atoms with Gasteiger partial charge in [-0.1, -0.05) is 6.92 Å². The Morgan fingerprint density at radius 2 is 1.50 bits per heavy atom. The SMILES string of the molecule is CCN1CCN(CC(=O)N2N=C(c3ccc(OC)cc3OC)CC2c2cc(OC)ccc2OC)CC1. The van der Waals surface area contributed by atoms with Gasteiger partial charge in [-0.25, -0.2) is 5.01 Å². The van der Waals surface area contributed by atoms with Crippen molar-refractivity contribution in [1.29, 1.82) is 0 Å². The first kappa shape index (κ1) is 25.8. The molecule has 9 nitrogen and oxygen atoms in total. The van der Waals surface area contributed by atoms with Crippen molar-refractivity contribution in [2.45, 2.75) is 19.4 Å². The van der Waals surface area contributed by atoms with Gasteiger partial charge in [0.2, 0.25) is 0 Å². The molecular formula is C27H36N4O5. The molecular weight excluding hydrogens is 460 g/mol. The highest BCUT2D eigenvalue weighted by atomic mass is 16.5. The quantitative estimate of drug-likeness (QED) is 0.528. The third-order valence-electron chi connectivity index (χ3n) is 6.95. The van der Waals surface area contributed by atoms with Crippen LogP contribution in [0.3, 0.4) is 0 Å². The number of ether oxygens (including phenoxy) is 4. The van der Waals surface area contributed by atoms with Crippen molar-refractivity contribution < 1.29 is 23.7 Å². The molecule has 36 heavy (non-hydrogen) atoms. The van der Waals surface area contributed by atoms with Gasteiger partial charge in [0.1, 0.15) is 23.0 Å². The Bertz CT molecular complexity index is 1100. The first-order valence-corrected chi connectivity index (χ1v) is 12.3. The maximum Gasteiger partial charge on any atom is 0.257 e. The van der Waals surface area contributed by atoms with Crippen LogP contribution in [0.5, 0.6) is 23.0 Å². The Morgan fingerprint density at radius 1 is 0.861 bits per heavy atom. The highest BCUT2D eigenvalue weighted by Crippen LogP contribution is 2.41. The maximum absolute atomic E-state index is 13.7. The van der Waals surface area contributed by atoms with Crippen molar-refractivity contribution in [2.24, 2.45) is 5.10 Å². The summed E-state index contributed by atoms with van der Waals surface area (Å²) < 4.78 is 22.2. The van der Waals surface area contributed by atoms with Gasteiger partial charge in [-0.3, -0.25) is 9.69 Å². The summed E-state index contributed by atoms with van der Waals surface area (Å²) in [6, 6.07) is 10.9. The molecule has 0 aromatic heterocycles. The molecule has 0 aliphatic carbocycles. The molecule has 0 spiro atoms. The summed E-state index contributed by atoms with van der Waals surface area (Å²) in [4.78, 5) is 18.3. The van der Waals surface area contributed by atoms with Gasteiger partial charge in [0.15, 0.2) is 0 Å². The molecule has 2 aromatic carbocycles. The number of carbonyl (C=O) groups excluding carboxylic acids is 1. The van der Waals surface area contributed by atoms with Gasteiger partial charge in [-0.2, -0.15) is 5.10 Å². The van der Waals surface area contributed by atoms with E-state index in [2.05, 4.69) is 16.7 Å². The number of benzene rings is 2. The van der Waals surface area contributed by atoms with Gasteiger partial charge in [-0.15, -0.1) is 0 Å². The summed E-state index contributed by atoms with van der Waals surface area (Å²) in [6.07, 6.45) is 0.515. The molecule has 0 saturated carbocycles. The van der Waals surface area contributed by atoms with Crippen LogP contribution < -0.4 is 18.9 Å². The van der Waals surface area contributed by atoms with Crippen LogP contribution in [-0.2, 0) is 4.79 Å². The molecule has 1 atom stereocenters. The number of hydrogen-bond acceptors (Lipinski definition) is 8. The van der Waals surface area contributed by atoms with E-state index in [0.29, 0.717) is 36.0 Å². The van der Waals surface area contributed by atoms with Gasteiger partial charge < -0.3 is 23.8 Å². The second kappa shape index (κ2) is 11.6. The second-order valence-corrected chi connectivity index (χ2v) is 8.89. The summed E-state index contributed by atoms with van der Waals surface area (Å²) in [6.45, 7) is 7.18. The Labute approximate surface area is 213 Å². The zero-order valence-electron chi connectivity index (χ0n) is 21.8. The van der Waals surface area contributed by atoms with Crippen molar-refractivity contribution >= 4 is 11.6 Å². The van der Waals surface area contributed by atoms with E-state index in [-0.39, 0.29) is 11.9 Å². The van der Waals surface area contributed by atoms with Crippen LogP contribution in [0, 0.1) is 0 Å². The lowest BCUT2D eigenvalue weighted by Crippen LogP contribution is -2.49. The number of methoxy groups -OCH3 is 4. The first-order chi connectivity index (χ1) is 17.5. The van der Waals surface area contributed by atoms with E-state index in [1.165, 1.54) is 0 Å².